The van der Waals surface area contributed by atoms with Crippen LogP contribution in [0.4, 0.5) is 5.69 Å². The third-order valence-electron chi connectivity index (χ3n) is 3.77. The van der Waals surface area contributed by atoms with Gasteiger partial charge in [0.15, 0.2) is 5.11 Å². The number of ether oxygens (including phenoxy) is 2. The summed E-state index contributed by atoms with van der Waals surface area (Å²) in [5.41, 5.74) is 1.23. The minimum absolute atomic E-state index is 0.211. The van der Waals surface area contributed by atoms with Gasteiger partial charge in [-0.3, -0.25) is 10.1 Å². The van der Waals surface area contributed by atoms with Crippen molar-refractivity contribution in [3.8, 4) is 11.5 Å². The predicted octanol–water partition coefficient (Wildman–Crippen LogP) is 4.80. The topological polar surface area (TPSA) is 59.6 Å². The van der Waals surface area contributed by atoms with Gasteiger partial charge < -0.3 is 14.8 Å². The van der Waals surface area contributed by atoms with Crippen LogP contribution in [0.2, 0.25) is 0 Å². The number of nitrogens with one attached hydrogen (secondary N) is 2. The highest BCUT2D eigenvalue weighted by molar-refractivity contribution is 7.80. The Kier molecular flexibility index (Phi) is 8.49. The fourth-order valence-corrected chi connectivity index (χ4v) is 2.48. The molecule has 0 spiro atoms. The lowest BCUT2D eigenvalue weighted by Crippen LogP contribution is -2.34. The van der Waals surface area contributed by atoms with E-state index in [1.165, 1.54) is 0 Å². The van der Waals surface area contributed by atoms with Crippen molar-refractivity contribution < 1.29 is 14.3 Å². The first-order valence-corrected chi connectivity index (χ1v) is 9.57. The van der Waals surface area contributed by atoms with Gasteiger partial charge in [-0.25, -0.2) is 0 Å². The van der Waals surface area contributed by atoms with Gasteiger partial charge in [0.25, 0.3) is 5.91 Å². The number of hydrogen-bond donors (Lipinski definition) is 2. The molecule has 2 rings (SSSR count). The number of carbonyl (C=O) groups is 1. The van der Waals surface area contributed by atoms with Gasteiger partial charge in [0.05, 0.1) is 6.61 Å². The first-order chi connectivity index (χ1) is 13.5. The molecule has 5 nitrogen and oxygen atoms in total. The van der Waals surface area contributed by atoms with Gasteiger partial charge in [-0.05, 0) is 61.0 Å². The molecule has 0 saturated carbocycles. The van der Waals surface area contributed by atoms with Crippen LogP contribution >= 0.6 is 12.2 Å². The van der Waals surface area contributed by atoms with Crippen molar-refractivity contribution in [2.24, 2.45) is 5.92 Å². The first-order valence-electron chi connectivity index (χ1n) is 9.17. The lowest BCUT2D eigenvalue weighted by Gasteiger charge is -2.12. The molecule has 2 aromatic carbocycles. The summed E-state index contributed by atoms with van der Waals surface area (Å²) >= 11 is 5.23. The zero-order valence-electron chi connectivity index (χ0n) is 16.2. The molecule has 2 N–H and O–H groups in total. The summed E-state index contributed by atoms with van der Waals surface area (Å²) in [7, 11) is 0. The number of amides is 1. The maximum Gasteiger partial charge on any atom is 0.257 e. The number of hydrogen-bond acceptors (Lipinski definition) is 4. The molecule has 6 heteroatoms. The standard InChI is InChI=1S/C22H26N2O3S/c1-4-13-26-20-7-5-6-18(15-20)23-22(28)24-21(25)17-8-10-19(11-9-17)27-14-12-16(2)3/h4-11,15-16H,1,12-14H2,2-3H3,(H2,23,24,25,28). The Bertz CT molecular complexity index is 804. The normalized spacial score (nSPS) is 10.2. The Balaban J connectivity index is 1.86. The van der Waals surface area contributed by atoms with Crippen LogP contribution in [0.5, 0.6) is 11.5 Å². The number of rotatable bonds is 9. The summed E-state index contributed by atoms with van der Waals surface area (Å²) in [5.74, 6) is 1.74. The second-order valence-electron chi connectivity index (χ2n) is 6.59. The number of benzene rings is 2. The molecular formula is C22H26N2O3S. The van der Waals surface area contributed by atoms with E-state index in [0.717, 1.165) is 17.9 Å². The highest BCUT2D eigenvalue weighted by Gasteiger charge is 2.09. The van der Waals surface area contributed by atoms with E-state index in [2.05, 4.69) is 31.1 Å². The van der Waals surface area contributed by atoms with E-state index in [4.69, 9.17) is 21.7 Å². The minimum atomic E-state index is -0.287. The Morgan fingerprint density at radius 3 is 2.57 bits per heavy atom. The van der Waals surface area contributed by atoms with Gasteiger partial charge in [0, 0.05) is 17.3 Å². The summed E-state index contributed by atoms with van der Waals surface area (Å²) in [6.07, 6.45) is 2.66. The molecular weight excluding hydrogens is 372 g/mol. The fourth-order valence-electron chi connectivity index (χ4n) is 2.27. The molecule has 2 aromatic rings. The van der Waals surface area contributed by atoms with E-state index < -0.39 is 0 Å². The Hall–Kier alpha value is -2.86. The largest absolute Gasteiger partial charge is 0.494 e. The van der Waals surface area contributed by atoms with Gasteiger partial charge in [-0.2, -0.15) is 0 Å². The highest BCUT2D eigenvalue weighted by atomic mass is 32.1. The van der Waals surface area contributed by atoms with Crippen LogP contribution in [0, 0.1) is 5.92 Å². The molecule has 0 fully saturated rings. The number of carbonyl (C=O) groups excluding carboxylic acids is 1. The van der Waals surface area contributed by atoms with Crippen molar-refractivity contribution in [3.63, 3.8) is 0 Å². The van der Waals surface area contributed by atoms with Crippen molar-refractivity contribution in [1.29, 1.82) is 0 Å². The molecule has 0 aliphatic rings. The second kappa shape index (κ2) is 11.1. The Labute approximate surface area is 171 Å². The third kappa shape index (κ3) is 7.40. The molecule has 0 aromatic heterocycles. The van der Waals surface area contributed by atoms with E-state index >= 15 is 0 Å². The zero-order chi connectivity index (χ0) is 20.4. The SMILES string of the molecule is C=CCOc1cccc(NC(=S)NC(=O)c2ccc(OCCC(C)C)cc2)c1. The molecule has 0 aliphatic heterocycles. The van der Waals surface area contributed by atoms with Crippen LogP contribution in [-0.4, -0.2) is 24.2 Å². The number of anilines is 1. The minimum Gasteiger partial charge on any atom is -0.494 e. The summed E-state index contributed by atoms with van der Waals surface area (Å²) < 4.78 is 11.1. The molecule has 0 atom stereocenters. The molecule has 0 saturated heterocycles. The second-order valence-corrected chi connectivity index (χ2v) is 7.00. The summed E-state index contributed by atoms with van der Waals surface area (Å²) in [5, 5.41) is 5.86. The van der Waals surface area contributed by atoms with E-state index in [-0.39, 0.29) is 11.0 Å². The predicted molar refractivity (Wildman–Crippen MR) is 117 cm³/mol. The van der Waals surface area contributed by atoms with Gasteiger partial charge in [-0.15, -0.1) is 0 Å². The van der Waals surface area contributed by atoms with Crippen LogP contribution < -0.4 is 20.1 Å². The van der Waals surface area contributed by atoms with Gasteiger partial charge >= 0.3 is 0 Å². The zero-order valence-corrected chi connectivity index (χ0v) is 17.1. The molecule has 1 amide bonds. The third-order valence-corrected chi connectivity index (χ3v) is 3.97. The average Bonchev–Trinajstić information content (AvgIpc) is 2.66. The van der Waals surface area contributed by atoms with E-state index in [1.807, 2.05) is 18.2 Å². The maximum absolute atomic E-state index is 12.4. The van der Waals surface area contributed by atoms with E-state index in [9.17, 15) is 4.79 Å². The Morgan fingerprint density at radius 2 is 1.89 bits per heavy atom. The molecule has 0 bridgehead atoms. The van der Waals surface area contributed by atoms with Crippen molar-refractivity contribution in [3.05, 3.63) is 66.7 Å². The van der Waals surface area contributed by atoms with E-state index in [0.29, 0.717) is 30.4 Å². The average molecular weight is 399 g/mol. The van der Waals surface area contributed by atoms with Crippen LogP contribution in [0.15, 0.2) is 61.2 Å². The monoisotopic (exact) mass is 398 g/mol. The van der Waals surface area contributed by atoms with Crippen molar-refractivity contribution >= 4 is 28.9 Å². The van der Waals surface area contributed by atoms with Crippen LogP contribution in [0.3, 0.4) is 0 Å². The molecule has 28 heavy (non-hydrogen) atoms. The lowest BCUT2D eigenvalue weighted by atomic mass is 10.1. The quantitative estimate of drug-likeness (QED) is 0.469. The molecule has 0 heterocycles. The van der Waals surface area contributed by atoms with Crippen LogP contribution in [0.1, 0.15) is 30.6 Å². The maximum atomic E-state index is 12.4. The van der Waals surface area contributed by atoms with Crippen LogP contribution in [-0.2, 0) is 0 Å². The molecule has 148 valence electrons. The van der Waals surface area contributed by atoms with Crippen LogP contribution in [0.25, 0.3) is 0 Å². The smallest absolute Gasteiger partial charge is 0.257 e. The van der Waals surface area contributed by atoms with Gasteiger partial charge in [0.2, 0.25) is 0 Å². The number of thiocarbonyl (C=S) groups is 1. The summed E-state index contributed by atoms with van der Waals surface area (Å²) in [6, 6.07) is 14.3. The van der Waals surface area contributed by atoms with Crippen molar-refractivity contribution in [2.45, 2.75) is 20.3 Å². The van der Waals surface area contributed by atoms with Gasteiger partial charge in [-0.1, -0.05) is 32.6 Å². The fraction of sp³-hybridized carbons (Fsp3) is 0.273. The Morgan fingerprint density at radius 1 is 1.14 bits per heavy atom. The highest BCUT2D eigenvalue weighted by Crippen LogP contribution is 2.17. The molecule has 0 aliphatic carbocycles. The summed E-state index contributed by atoms with van der Waals surface area (Å²) in [4.78, 5) is 12.4. The van der Waals surface area contributed by atoms with Crippen molar-refractivity contribution in [1.82, 2.24) is 5.32 Å². The lowest BCUT2D eigenvalue weighted by molar-refractivity contribution is 0.0977. The first kappa shape index (κ1) is 21.4. The van der Waals surface area contributed by atoms with E-state index in [1.54, 1.807) is 36.4 Å². The molecule has 0 unspecified atom stereocenters. The van der Waals surface area contributed by atoms with Crippen molar-refractivity contribution in [2.75, 3.05) is 18.5 Å². The van der Waals surface area contributed by atoms with Gasteiger partial charge in [0.1, 0.15) is 18.1 Å². The summed E-state index contributed by atoms with van der Waals surface area (Å²) in [6.45, 7) is 9.00. The molecule has 0 radical (unpaired) electrons.